The number of hydrogen-bond acceptors (Lipinski definition) is 4. The number of aromatic nitrogens is 1. The molecule has 1 N–H and O–H groups in total. The molecule has 5 nitrogen and oxygen atoms in total. The summed E-state index contributed by atoms with van der Waals surface area (Å²) in [6, 6.07) is 5.53. The van der Waals surface area contributed by atoms with Gasteiger partial charge in [-0.2, -0.15) is 0 Å². The summed E-state index contributed by atoms with van der Waals surface area (Å²) in [4.78, 5) is 20.2. The number of amides is 1. The highest BCUT2D eigenvalue weighted by Gasteiger charge is 2.17. The molecule has 0 spiro atoms. The van der Waals surface area contributed by atoms with Gasteiger partial charge in [0.1, 0.15) is 5.15 Å². The maximum Gasteiger partial charge on any atom is 0.236 e. The van der Waals surface area contributed by atoms with Gasteiger partial charge in [-0.1, -0.05) is 17.7 Å². The highest BCUT2D eigenvalue weighted by atomic mass is 35.5. The van der Waals surface area contributed by atoms with Crippen LogP contribution in [0, 0.1) is 0 Å². The van der Waals surface area contributed by atoms with Crippen LogP contribution in [0.4, 0.5) is 0 Å². The molecule has 1 amide bonds. The van der Waals surface area contributed by atoms with Gasteiger partial charge in [0.05, 0.1) is 12.2 Å². The third kappa shape index (κ3) is 4.45. The molecule has 104 valence electrons. The van der Waals surface area contributed by atoms with Crippen LogP contribution in [0.2, 0.25) is 5.15 Å². The zero-order chi connectivity index (χ0) is 13.7. The van der Waals surface area contributed by atoms with Gasteiger partial charge >= 0.3 is 0 Å². The van der Waals surface area contributed by atoms with Crippen LogP contribution in [0.5, 0.6) is 0 Å². The minimum Gasteiger partial charge on any atom is -0.339 e. The summed E-state index contributed by atoms with van der Waals surface area (Å²) in [5.74, 6) is 0.172. The molecule has 1 fully saturated rings. The lowest BCUT2D eigenvalue weighted by atomic mass is 10.3. The predicted molar refractivity (Wildman–Crippen MR) is 75.0 cm³/mol. The molecule has 0 aliphatic carbocycles. The fraction of sp³-hybridized carbons (Fsp3) is 0.538. The number of carbonyl (C=O) groups is 1. The first kappa shape index (κ1) is 14.2. The zero-order valence-electron chi connectivity index (χ0n) is 11.1. The van der Waals surface area contributed by atoms with Crippen molar-refractivity contribution in [3.05, 3.63) is 29.0 Å². The molecule has 0 unspecified atom stereocenters. The van der Waals surface area contributed by atoms with Gasteiger partial charge in [-0.25, -0.2) is 4.98 Å². The first-order chi connectivity index (χ1) is 9.15. The number of nitrogens with one attached hydrogen (secondary N) is 1. The molecule has 6 heteroatoms. The van der Waals surface area contributed by atoms with Gasteiger partial charge in [0.15, 0.2) is 0 Å². The molecule has 1 aliphatic rings. The van der Waals surface area contributed by atoms with E-state index in [0.29, 0.717) is 18.2 Å². The van der Waals surface area contributed by atoms with Crippen molar-refractivity contribution in [1.29, 1.82) is 0 Å². The van der Waals surface area contributed by atoms with E-state index >= 15 is 0 Å². The van der Waals surface area contributed by atoms with Crippen molar-refractivity contribution in [3.8, 4) is 0 Å². The summed E-state index contributed by atoms with van der Waals surface area (Å²) in [7, 11) is 1.92. The van der Waals surface area contributed by atoms with Gasteiger partial charge < -0.3 is 10.2 Å². The van der Waals surface area contributed by atoms with Crippen LogP contribution in [0.3, 0.4) is 0 Å². The maximum atomic E-state index is 12.1. The van der Waals surface area contributed by atoms with Gasteiger partial charge in [0.2, 0.25) is 5.91 Å². The van der Waals surface area contributed by atoms with Gasteiger partial charge in [0, 0.05) is 32.7 Å². The van der Waals surface area contributed by atoms with Crippen molar-refractivity contribution >= 4 is 17.5 Å². The monoisotopic (exact) mass is 282 g/mol. The Kier molecular flexibility index (Phi) is 5.13. The van der Waals surface area contributed by atoms with Crippen molar-refractivity contribution in [2.24, 2.45) is 0 Å². The molecule has 2 heterocycles. The molecular formula is C13H19ClN4O. The van der Waals surface area contributed by atoms with Gasteiger partial charge in [-0.05, 0) is 19.2 Å². The van der Waals surface area contributed by atoms with E-state index in [2.05, 4.69) is 10.3 Å². The standard InChI is InChI=1S/C13H19ClN4O/c1-17(9-11-3-2-4-12(14)16-11)10-13(19)18-7-5-15-6-8-18/h2-4,15H,5-10H2,1H3. The molecular weight excluding hydrogens is 264 g/mol. The summed E-state index contributed by atoms with van der Waals surface area (Å²) in [5.41, 5.74) is 0.878. The Morgan fingerprint density at radius 2 is 2.21 bits per heavy atom. The maximum absolute atomic E-state index is 12.1. The fourth-order valence-corrected chi connectivity index (χ4v) is 2.30. The minimum atomic E-state index is 0.172. The Bertz CT molecular complexity index is 434. The Balaban J connectivity index is 1.83. The highest BCUT2D eigenvalue weighted by Crippen LogP contribution is 2.07. The number of hydrogen-bond donors (Lipinski definition) is 1. The number of pyridine rings is 1. The van der Waals surface area contributed by atoms with Crippen LogP contribution in [-0.2, 0) is 11.3 Å². The molecule has 1 saturated heterocycles. The second kappa shape index (κ2) is 6.84. The lowest BCUT2D eigenvalue weighted by Gasteiger charge is -2.29. The Morgan fingerprint density at radius 1 is 1.47 bits per heavy atom. The first-order valence-electron chi connectivity index (χ1n) is 6.43. The molecule has 1 aliphatic heterocycles. The predicted octanol–water partition coefficient (Wildman–Crippen LogP) is 0.599. The SMILES string of the molecule is CN(CC(=O)N1CCNCC1)Cc1cccc(Cl)n1. The lowest BCUT2D eigenvalue weighted by Crippen LogP contribution is -2.49. The second-order valence-electron chi connectivity index (χ2n) is 4.75. The largest absolute Gasteiger partial charge is 0.339 e. The summed E-state index contributed by atoms with van der Waals surface area (Å²) in [6.07, 6.45) is 0. The Labute approximate surface area is 118 Å². The van der Waals surface area contributed by atoms with Crippen molar-refractivity contribution in [1.82, 2.24) is 20.1 Å². The molecule has 0 aromatic carbocycles. The van der Waals surface area contributed by atoms with Crippen LogP contribution >= 0.6 is 11.6 Å². The van der Waals surface area contributed by atoms with Gasteiger partial charge in [0.25, 0.3) is 0 Å². The third-order valence-corrected chi connectivity index (χ3v) is 3.29. The summed E-state index contributed by atoms with van der Waals surface area (Å²) in [6.45, 7) is 4.38. The number of rotatable bonds is 4. The molecule has 2 rings (SSSR count). The normalized spacial score (nSPS) is 15.8. The van der Waals surface area contributed by atoms with Crippen LogP contribution in [0.1, 0.15) is 5.69 Å². The van der Waals surface area contributed by atoms with Gasteiger partial charge in [-0.3, -0.25) is 9.69 Å². The Hall–Kier alpha value is -1.17. The van der Waals surface area contributed by atoms with Crippen LogP contribution in [-0.4, -0.2) is 60.5 Å². The number of likely N-dealkylation sites (N-methyl/N-ethyl adjacent to an activating group) is 1. The number of halogens is 1. The smallest absolute Gasteiger partial charge is 0.236 e. The lowest BCUT2D eigenvalue weighted by molar-refractivity contribution is -0.132. The molecule has 0 atom stereocenters. The quantitative estimate of drug-likeness (QED) is 0.822. The number of nitrogens with zero attached hydrogens (tertiary/aromatic N) is 3. The summed E-state index contributed by atoms with van der Waals surface area (Å²) in [5, 5.41) is 3.72. The van der Waals surface area contributed by atoms with E-state index in [4.69, 9.17) is 11.6 Å². The van der Waals surface area contributed by atoms with Crippen LogP contribution < -0.4 is 5.32 Å². The topological polar surface area (TPSA) is 48.5 Å². The van der Waals surface area contributed by atoms with Crippen molar-refractivity contribution in [2.45, 2.75) is 6.54 Å². The van der Waals surface area contributed by atoms with Crippen LogP contribution in [0.25, 0.3) is 0 Å². The highest BCUT2D eigenvalue weighted by molar-refractivity contribution is 6.29. The average Bonchev–Trinajstić information content (AvgIpc) is 2.39. The van der Waals surface area contributed by atoms with E-state index in [9.17, 15) is 4.79 Å². The summed E-state index contributed by atoms with van der Waals surface area (Å²) >= 11 is 5.84. The van der Waals surface area contributed by atoms with Crippen molar-refractivity contribution in [3.63, 3.8) is 0 Å². The van der Waals surface area contributed by atoms with Crippen molar-refractivity contribution in [2.75, 3.05) is 39.8 Å². The van der Waals surface area contributed by atoms with E-state index in [1.54, 1.807) is 6.07 Å². The number of piperazine rings is 1. The van der Waals surface area contributed by atoms with E-state index < -0.39 is 0 Å². The van der Waals surface area contributed by atoms with Gasteiger partial charge in [-0.15, -0.1) is 0 Å². The first-order valence-corrected chi connectivity index (χ1v) is 6.81. The van der Waals surface area contributed by atoms with Crippen LogP contribution in [0.15, 0.2) is 18.2 Å². The molecule has 0 radical (unpaired) electrons. The third-order valence-electron chi connectivity index (χ3n) is 3.08. The molecule has 1 aromatic heterocycles. The second-order valence-corrected chi connectivity index (χ2v) is 5.14. The Morgan fingerprint density at radius 3 is 2.89 bits per heavy atom. The molecule has 1 aromatic rings. The van der Waals surface area contributed by atoms with E-state index in [-0.39, 0.29) is 5.91 Å². The average molecular weight is 283 g/mol. The van der Waals surface area contributed by atoms with E-state index in [1.807, 2.05) is 29.0 Å². The summed E-state index contributed by atoms with van der Waals surface area (Å²) < 4.78 is 0. The van der Waals surface area contributed by atoms with E-state index in [0.717, 1.165) is 31.9 Å². The molecule has 19 heavy (non-hydrogen) atoms. The zero-order valence-corrected chi connectivity index (χ0v) is 11.9. The van der Waals surface area contributed by atoms with Crippen molar-refractivity contribution < 1.29 is 4.79 Å². The fourth-order valence-electron chi connectivity index (χ4n) is 2.12. The molecule has 0 bridgehead atoms. The van der Waals surface area contributed by atoms with E-state index in [1.165, 1.54) is 0 Å². The molecule has 0 saturated carbocycles. The number of carbonyl (C=O) groups excluding carboxylic acids is 1. The minimum absolute atomic E-state index is 0.172.